The third kappa shape index (κ3) is 5.41. The summed E-state index contributed by atoms with van der Waals surface area (Å²) < 4.78 is 5.57. The molecule has 0 unspecified atom stereocenters. The van der Waals surface area contributed by atoms with Crippen LogP contribution in [0.25, 0.3) is 0 Å². The van der Waals surface area contributed by atoms with E-state index in [0.29, 0.717) is 35.1 Å². The highest BCUT2D eigenvalue weighted by atomic mass is 16.6. The average molecular weight is 355 g/mol. The average Bonchev–Trinajstić information content (AvgIpc) is 2.64. The van der Waals surface area contributed by atoms with Crippen molar-refractivity contribution < 1.29 is 14.5 Å². The lowest BCUT2D eigenvalue weighted by molar-refractivity contribution is -0.384. The predicted octanol–water partition coefficient (Wildman–Crippen LogP) is 3.78. The van der Waals surface area contributed by atoms with E-state index in [0.717, 1.165) is 0 Å². The van der Waals surface area contributed by atoms with Gasteiger partial charge in [-0.25, -0.2) is 5.43 Å². The summed E-state index contributed by atoms with van der Waals surface area (Å²) in [5.74, 6) is 0.751. The molecule has 136 valence electrons. The van der Waals surface area contributed by atoms with Crippen LogP contribution in [0.4, 0.5) is 5.69 Å². The Balaban J connectivity index is 2.01. The van der Waals surface area contributed by atoms with Crippen molar-refractivity contribution in [1.82, 2.24) is 5.43 Å². The maximum absolute atomic E-state index is 12.2. The lowest BCUT2D eigenvalue weighted by atomic mass is 10.1. The zero-order valence-corrected chi connectivity index (χ0v) is 14.9. The molecule has 7 nitrogen and oxygen atoms in total. The first-order valence-electron chi connectivity index (χ1n) is 8.19. The summed E-state index contributed by atoms with van der Waals surface area (Å²) in [6.45, 7) is 6.40. The minimum atomic E-state index is -0.474. The van der Waals surface area contributed by atoms with Gasteiger partial charge in [0.25, 0.3) is 11.6 Å². The number of amides is 1. The number of nitrogens with one attached hydrogen (secondary N) is 1. The molecule has 2 aromatic rings. The number of hydrogen-bond acceptors (Lipinski definition) is 5. The molecule has 0 atom stereocenters. The lowest BCUT2D eigenvalue weighted by Gasteiger charge is -2.09. The van der Waals surface area contributed by atoms with Crippen molar-refractivity contribution in [3.05, 3.63) is 69.8 Å². The van der Waals surface area contributed by atoms with E-state index in [2.05, 4.69) is 24.4 Å². The van der Waals surface area contributed by atoms with E-state index >= 15 is 0 Å². The molecule has 0 heterocycles. The maximum atomic E-state index is 12.2. The Labute approximate surface area is 151 Å². The topological polar surface area (TPSA) is 93.8 Å². The second-order valence-corrected chi connectivity index (χ2v) is 6.17. The molecule has 0 saturated carbocycles. The number of hydrazone groups is 1. The van der Waals surface area contributed by atoms with Crippen molar-refractivity contribution in [3.8, 4) is 5.75 Å². The number of ether oxygens (including phenoxy) is 1. The first-order valence-corrected chi connectivity index (χ1v) is 8.19. The van der Waals surface area contributed by atoms with Gasteiger partial charge in [-0.1, -0.05) is 26.0 Å². The number of benzene rings is 2. The highest BCUT2D eigenvalue weighted by Crippen LogP contribution is 2.15. The molecule has 0 aliphatic rings. The molecule has 0 bridgehead atoms. The second kappa shape index (κ2) is 8.75. The molecule has 0 aromatic heterocycles. The summed E-state index contributed by atoms with van der Waals surface area (Å²) >= 11 is 0. The van der Waals surface area contributed by atoms with Crippen molar-refractivity contribution in [2.75, 3.05) is 6.61 Å². The Kier molecular flexibility index (Phi) is 6.43. The van der Waals surface area contributed by atoms with Gasteiger partial charge in [0, 0.05) is 23.3 Å². The molecule has 1 N–H and O–H groups in total. The number of rotatable bonds is 7. The fourth-order valence-electron chi connectivity index (χ4n) is 2.07. The highest BCUT2D eigenvalue weighted by Gasteiger charge is 2.09. The molecule has 1 amide bonds. The summed E-state index contributed by atoms with van der Waals surface area (Å²) in [6, 6.07) is 12.8. The Morgan fingerprint density at radius 1 is 1.19 bits per heavy atom. The molecular formula is C19H21N3O4. The largest absolute Gasteiger partial charge is 0.493 e. The molecule has 0 radical (unpaired) electrons. The van der Waals surface area contributed by atoms with Crippen LogP contribution >= 0.6 is 0 Å². The van der Waals surface area contributed by atoms with Gasteiger partial charge >= 0.3 is 0 Å². The second-order valence-electron chi connectivity index (χ2n) is 6.17. The van der Waals surface area contributed by atoms with Crippen LogP contribution in [-0.2, 0) is 0 Å². The van der Waals surface area contributed by atoms with Crippen LogP contribution in [-0.4, -0.2) is 23.1 Å². The third-order valence-corrected chi connectivity index (χ3v) is 3.50. The Morgan fingerprint density at radius 2 is 1.88 bits per heavy atom. The predicted molar refractivity (Wildman–Crippen MR) is 99.5 cm³/mol. The van der Waals surface area contributed by atoms with Crippen LogP contribution in [0.1, 0.15) is 36.7 Å². The summed E-state index contributed by atoms with van der Waals surface area (Å²) in [7, 11) is 0. The SMILES string of the molecule is C/C(=N\NC(=O)c1ccc(OCC(C)C)cc1)c1cccc([N+](=O)[O-])c1. The normalized spacial score (nSPS) is 11.3. The quantitative estimate of drug-likeness (QED) is 0.464. The number of carbonyl (C=O) groups is 1. The number of nitro benzene ring substituents is 1. The van der Waals surface area contributed by atoms with E-state index in [9.17, 15) is 14.9 Å². The van der Waals surface area contributed by atoms with E-state index in [1.807, 2.05) is 0 Å². The minimum Gasteiger partial charge on any atom is -0.493 e. The molecule has 0 fully saturated rings. The van der Waals surface area contributed by atoms with E-state index in [1.54, 1.807) is 43.3 Å². The van der Waals surface area contributed by atoms with Crippen molar-refractivity contribution in [2.24, 2.45) is 11.0 Å². The van der Waals surface area contributed by atoms with Gasteiger partial charge in [-0.15, -0.1) is 0 Å². The van der Waals surface area contributed by atoms with Crippen LogP contribution < -0.4 is 10.2 Å². The third-order valence-electron chi connectivity index (χ3n) is 3.50. The molecule has 2 rings (SSSR count). The smallest absolute Gasteiger partial charge is 0.271 e. The van der Waals surface area contributed by atoms with Gasteiger partial charge in [0.2, 0.25) is 0 Å². The highest BCUT2D eigenvalue weighted by molar-refractivity contribution is 6.01. The van der Waals surface area contributed by atoms with Crippen LogP contribution in [0, 0.1) is 16.0 Å². The fourth-order valence-corrected chi connectivity index (χ4v) is 2.07. The van der Waals surface area contributed by atoms with Crippen molar-refractivity contribution in [3.63, 3.8) is 0 Å². The van der Waals surface area contributed by atoms with Gasteiger partial charge in [-0.2, -0.15) is 5.10 Å². The number of non-ortho nitro benzene ring substituents is 1. The van der Waals surface area contributed by atoms with Gasteiger partial charge in [-0.05, 0) is 37.1 Å². The van der Waals surface area contributed by atoms with Gasteiger partial charge in [0.15, 0.2) is 0 Å². The number of nitrogens with zero attached hydrogens (tertiary/aromatic N) is 2. The summed E-state index contributed by atoms with van der Waals surface area (Å²) in [5, 5.41) is 14.8. The maximum Gasteiger partial charge on any atom is 0.271 e. The van der Waals surface area contributed by atoms with Gasteiger partial charge in [-0.3, -0.25) is 14.9 Å². The molecule has 26 heavy (non-hydrogen) atoms. The molecule has 0 aliphatic heterocycles. The van der Waals surface area contributed by atoms with Gasteiger partial charge in [0.1, 0.15) is 5.75 Å². The van der Waals surface area contributed by atoms with E-state index in [1.165, 1.54) is 12.1 Å². The summed E-state index contributed by atoms with van der Waals surface area (Å²) in [6.07, 6.45) is 0. The Bertz CT molecular complexity index is 814. The van der Waals surface area contributed by atoms with Crippen molar-refractivity contribution in [2.45, 2.75) is 20.8 Å². The molecule has 0 spiro atoms. The van der Waals surface area contributed by atoms with E-state index in [4.69, 9.17) is 4.74 Å². The van der Waals surface area contributed by atoms with Crippen molar-refractivity contribution >= 4 is 17.3 Å². The minimum absolute atomic E-state index is 0.0274. The molecule has 7 heteroatoms. The van der Waals surface area contributed by atoms with Crippen molar-refractivity contribution in [1.29, 1.82) is 0 Å². The number of nitro groups is 1. The molecule has 0 aliphatic carbocycles. The zero-order valence-electron chi connectivity index (χ0n) is 14.9. The summed E-state index contributed by atoms with van der Waals surface area (Å²) in [4.78, 5) is 22.5. The van der Waals surface area contributed by atoms with Gasteiger partial charge < -0.3 is 4.74 Å². The monoisotopic (exact) mass is 355 g/mol. The molecule has 0 saturated heterocycles. The molecule has 2 aromatic carbocycles. The first-order chi connectivity index (χ1) is 12.4. The zero-order chi connectivity index (χ0) is 19.1. The Morgan fingerprint density at radius 3 is 2.50 bits per heavy atom. The standard InChI is InChI=1S/C19H21N3O4/c1-13(2)12-26-18-9-7-15(8-10-18)19(23)21-20-14(3)16-5-4-6-17(11-16)22(24)25/h4-11,13H,12H2,1-3H3,(H,21,23)/b20-14+. The van der Waals surface area contributed by atoms with Crippen LogP contribution in [0.15, 0.2) is 53.6 Å². The van der Waals surface area contributed by atoms with E-state index in [-0.39, 0.29) is 11.6 Å². The number of hydrogen-bond donors (Lipinski definition) is 1. The van der Waals surface area contributed by atoms with E-state index < -0.39 is 4.92 Å². The van der Waals surface area contributed by atoms with Crippen LogP contribution in [0.5, 0.6) is 5.75 Å². The van der Waals surface area contributed by atoms with Crippen LogP contribution in [0.3, 0.4) is 0 Å². The summed E-state index contributed by atoms with van der Waals surface area (Å²) in [5.41, 5.74) is 3.91. The Hall–Kier alpha value is -3.22. The number of carbonyl (C=O) groups excluding carboxylic acids is 1. The molecular weight excluding hydrogens is 334 g/mol. The van der Waals surface area contributed by atoms with Crippen LogP contribution in [0.2, 0.25) is 0 Å². The lowest BCUT2D eigenvalue weighted by Crippen LogP contribution is -2.19. The fraction of sp³-hybridized carbons (Fsp3) is 0.263. The van der Waals surface area contributed by atoms with Gasteiger partial charge in [0.05, 0.1) is 17.2 Å². The first kappa shape index (κ1) is 19.1.